The summed E-state index contributed by atoms with van der Waals surface area (Å²) in [6.07, 6.45) is 5.79. The maximum Gasteiger partial charge on any atom is 0.223 e. The lowest BCUT2D eigenvalue weighted by Gasteiger charge is -2.20. The van der Waals surface area contributed by atoms with Gasteiger partial charge < -0.3 is 18.2 Å². The summed E-state index contributed by atoms with van der Waals surface area (Å²) in [7, 11) is 0. The Morgan fingerprint density at radius 1 is 0.818 bits per heavy atom. The second-order valence-corrected chi connectivity index (χ2v) is 4.99. The SMILES string of the molecule is O=C(CCc1ccco1)N(Cc1ccco1)Cc1ccco1. The number of carbonyl (C=O) groups is 1. The predicted molar refractivity (Wildman–Crippen MR) is 78.7 cm³/mol. The zero-order valence-electron chi connectivity index (χ0n) is 12.1. The van der Waals surface area contributed by atoms with Gasteiger partial charge >= 0.3 is 0 Å². The second-order valence-electron chi connectivity index (χ2n) is 4.99. The first-order valence-electron chi connectivity index (χ1n) is 7.16. The molecule has 0 saturated heterocycles. The predicted octanol–water partition coefficient (Wildman–Crippen LogP) is 3.63. The molecule has 1 amide bonds. The van der Waals surface area contributed by atoms with E-state index < -0.39 is 0 Å². The molecule has 3 heterocycles. The Kier molecular flexibility index (Phi) is 4.44. The third-order valence-corrected chi connectivity index (χ3v) is 3.37. The van der Waals surface area contributed by atoms with Crippen molar-refractivity contribution < 1.29 is 18.0 Å². The minimum Gasteiger partial charge on any atom is -0.469 e. The lowest BCUT2D eigenvalue weighted by atomic mass is 10.2. The number of nitrogens with zero attached hydrogens (tertiary/aromatic N) is 1. The average Bonchev–Trinajstić information content (AvgIpc) is 3.27. The Labute approximate surface area is 128 Å². The molecule has 0 N–H and O–H groups in total. The van der Waals surface area contributed by atoms with Gasteiger partial charge in [0, 0.05) is 12.8 Å². The molecule has 0 spiro atoms. The lowest BCUT2D eigenvalue weighted by molar-refractivity contribution is -0.133. The molecule has 114 valence electrons. The third kappa shape index (κ3) is 3.69. The van der Waals surface area contributed by atoms with Gasteiger partial charge in [-0.1, -0.05) is 0 Å². The highest BCUT2D eigenvalue weighted by molar-refractivity contribution is 5.76. The van der Waals surface area contributed by atoms with Crippen LogP contribution >= 0.6 is 0 Å². The summed E-state index contributed by atoms with van der Waals surface area (Å²) in [6.45, 7) is 0.843. The van der Waals surface area contributed by atoms with Crippen LogP contribution in [0.4, 0.5) is 0 Å². The third-order valence-electron chi connectivity index (χ3n) is 3.37. The van der Waals surface area contributed by atoms with E-state index in [-0.39, 0.29) is 5.91 Å². The molecule has 0 radical (unpaired) electrons. The minimum atomic E-state index is 0.0317. The lowest BCUT2D eigenvalue weighted by Crippen LogP contribution is -2.30. The first-order chi connectivity index (χ1) is 10.8. The van der Waals surface area contributed by atoms with Crippen LogP contribution in [0, 0.1) is 0 Å². The minimum absolute atomic E-state index is 0.0317. The highest BCUT2D eigenvalue weighted by Gasteiger charge is 2.17. The van der Waals surface area contributed by atoms with Gasteiger partial charge in [-0.3, -0.25) is 4.79 Å². The van der Waals surface area contributed by atoms with E-state index in [1.54, 1.807) is 23.7 Å². The fraction of sp³-hybridized carbons (Fsp3) is 0.235. The van der Waals surface area contributed by atoms with Gasteiger partial charge in [0.05, 0.1) is 31.9 Å². The molecule has 0 aliphatic heterocycles. The van der Waals surface area contributed by atoms with Crippen molar-refractivity contribution >= 4 is 5.91 Å². The van der Waals surface area contributed by atoms with Gasteiger partial charge in [-0.2, -0.15) is 0 Å². The van der Waals surface area contributed by atoms with E-state index in [1.165, 1.54) is 0 Å². The molecular weight excluding hydrogens is 282 g/mol. The molecule has 0 aromatic carbocycles. The molecule has 0 aliphatic carbocycles. The molecule has 3 aromatic rings. The number of furan rings is 3. The van der Waals surface area contributed by atoms with Crippen LogP contribution in [-0.4, -0.2) is 10.8 Å². The number of hydrogen-bond acceptors (Lipinski definition) is 4. The van der Waals surface area contributed by atoms with Crippen LogP contribution < -0.4 is 0 Å². The van der Waals surface area contributed by atoms with Gasteiger partial charge in [0.1, 0.15) is 17.3 Å². The normalized spacial score (nSPS) is 10.7. The van der Waals surface area contributed by atoms with Crippen LogP contribution in [0.25, 0.3) is 0 Å². The molecule has 0 bridgehead atoms. The second kappa shape index (κ2) is 6.85. The van der Waals surface area contributed by atoms with E-state index in [0.29, 0.717) is 25.9 Å². The number of aryl methyl sites for hydroxylation is 1. The van der Waals surface area contributed by atoms with Crippen LogP contribution in [0.5, 0.6) is 0 Å². The molecular formula is C17H17NO4. The molecule has 0 fully saturated rings. The summed E-state index contributed by atoms with van der Waals surface area (Å²) in [5.41, 5.74) is 0. The summed E-state index contributed by atoms with van der Waals surface area (Å²) in [5, 5.41) is 0. The molecule has 5 nitrogen and oxygen atoms in total. The van der Waals surface area contributed by atoms with Gasteiger partial charge in [0.15, 0.2) is 0 Å². The monoisotopic (exact) mass is 299 g/mol. The molecule has 0 aliphatic rings. The smallest absolute Gasteiger partial charge is 0.223 e. The van der Waals surface area contributed by atoms with Crippen LogP contribution in [0.1, 0.15) is 23.7 Å². The molecule has 0 unspecified atom stereocenters. The van der Waals surface area contributed by atoms with E-state index in [0.717, 1.165) is 17.3 Å². The first kappa shape index (κ1) is 14.3. The van der Waals surface area contributed by atoms with E-state index >= 15 is 0 Å². The molecule has 0 saturated carbocycles. The standard InChI is InChI=1S/C17H17NO4/c19-17(8-7-14-4-1-9-20-14)18(12-15-5-2-10-21-15)13-16-6-3-11-22-16/h1-6,9-11H,7-8,12-13H2. The fourth-order valence-corrected chi connectivity index (χ4v) is 2.26. The Bertz CT molecular complexity index is 632. The van der Waals surface area contributed by atoms with E-state index in [4.69, 9.17) is 13.3 Å². The van der Waals surface area contributed by atoms with Crippen molar-refractivity contribution in [1.29, 1.82) is 0 Å². The van der Waals surface area contributed by atoms with Gasteiger partial charge in [-0.05, 0) is 36.4 Å². The maximum absolute atomic E-state index is 12.5. The summed E-state index contributed by atoms with van der Waals surface area (Å²) < 4.78 is 15.9. The largest absolute Gasteiger partial charge is 0.469 e. The Morgan fingerprint density at radius 3 is 1.77 bits per heavy atom. The molecule has 3 aromatic heterocycles. The van der Waals surface area contributed by atoms with Crippen molar-refractivity contribution in [3.05, 3.63) is 72.5 Å². The van der Waals surface area contributed by atoms with E-state index in [9.17, 15) is 4.79 Å². The topological polar surface area (TPSA) is 59.7 Å². The molecule has 5 heteroatoms. The summed E-state index contributed by atoms with van der Waals surface area (Å²) in [5.74, 6) is 2.34. The molecule has 22 heavy (non-hydrogen) atoms. The molecule has 0 atom stereocenters. The number of hydrogen-bond donors (Lipinski definition) is 0. The first-order valence-corrected chi connectivity index (χ1v) is 7.16. The highest BCUT2D eigenvalue weighted by atomic mass is 16.3. The van der Waals surface area contributed by atoms with E-state index in [2.05, 4.69) is 0 Å². The summed E-state index contributed by atoms with van der Waals surface area (Å²) in [4.78, 5) is 14.2. The van der Waals surface area contributed by atoms with Crippen LogP contribution in [0.15, 0.2) is 68.4 Å². The van der Waals surface area contributed by atoms with Gasteiger partial charge in [0.2, 0.25) is 5.91 Å². The fourth-order valence-electron chi connectivity index (χ4n) is 2.26. The number of rotatable bonds is 7. The summed E-state index contributed by atoms with van der Waals surface area (Å²) in [6, 6.07) is 11.0. The van der Waals surface area contributed by atoms with Gasteiger partial charge in [-0.25, -0.2) is 0 Å². The van der Waals surface area contributed by atoms with Crippen LogP contribution in [0.3, 0.4) is 0 Å². The number of amides is 1. The van der Waals surface area contributed by atoms with Crippen molar-refractivity contribution in [3.8, 4) is 0 Å². The summed E-state index contributed by atoms with van der Waals surface area (Å²) >= 11 is 0. The van der Waals surface area contributed by atoms with Crippen LogP contribution in [0.2, 0.25) is 0 Å². The van der Waals surface area contributed by atoms with Crippen molar-refractivity contribution in [2.24, 2.45) is 0 Å². The van der Waals surface area contributed by atoms with Crippen molar-refractivity contribution in [3.63, 3.8) is 0 Å². The molecule has 3 rings (SSSR count). The van der Waals surface area contributed by atoms with Gasteiger partial charge in [-0.15, -0.1) is 0 Å². The maximum atomic E-state index is 12.5. The van der Waals surface area contributed by atoms with Crippen molar-refractivity contribution in [2.45, 2.75) is 25.9 Å². The quantitative estimate of drug-likeness (QED) is 0.668. The van der Waals surface area contributed by atoms with E-state index in [1.807, 2.05) is 36.4 Å². The van der Waals surface area contributed by atoms with Gasteiger partial charge in [0.25, 0.3) is 0 Å². The average molecular weight is 299 g/mol. The Morgan fingerprint density at radius 2 is 1.32 bits per heavy atom. The van der Waals surface area contributed by atoms with Crippen molar-refractivity contribution in [2.75, 3.05) is 0 Å². The highest BCUT2D eigenvalue weighted by Crippen LogP contribution is 2.14. The zero-order chi connectivity index (χ0) is 15.2. The zero-order valence-corrected chi connectivity index (χ0v) is 12.1. The Balaban J connectivity index is 1.64. The number of carbonyl (C=O) groups excluding carboxylic acids is 1. The van der Waals surface area contributed by atoms with Crippen molar-refractivity contribution in [1.82, 2.24) is 4.90 Å². The Hall–Kier alpha value is -2.69. The van der Waals surface area contributed by atoms with Crippen LogP contribution in [-0.2, 0) is 24.3 Å².